The van der Waals surface area contributed by atoms with Crippen molar-refractivity contribution in [3.63, 3.8) is 0 Å². The molecule has 0 amide bonds. The van der Waals surface area contributed by atoms with Crippen LogP contribution < -0.4 is 5.73 Å². The SMILES string of the molecule is CCC(C)[C@H](O)[C@H](N)c1cc(C(F)(F)F)ccc1C(F)(F)F.Cl. The Labute approximate surface area is 136 Å². The van der Waals surface area contributed by atoms with E-state index < -0.39 is 47.1 Å². The van der Waals surface area contributed by atoms with Crippen LogP contribution in [0.15, 0.2) is 18.2 Å². The van der Waals surface area contributed by atoms with Gasteiger partial charge in [0.15, 0.2) is 0 Å². The smallest absolute Gasteiger partial charge is 0.391 e. The third kappa shape index (κ3) is 5.26. The summed E-state index contributed by atoms with van der Waals surface area (Å²) in [6, 6.07) is -0.497. The lowest BCUT2D eigenvalue weighted by atomic mass is 9.88. The summed E-state index contributed by atoms with van der Waals surface area (Å²) in [5.41, 5.74) is 2.35. The van der Waals surface area contributed by atoms with Crippen LogP contribution >= 0.6 is 12.4 Å². The Morgan fingerprint density at radius 3 is 2.00 bits per heavy atom. The van der Waals surface area contributed by atoms with E-state index in [0.717, 1.165) is 0 Å². The minimum absolute atomic E-state index is 0. The van der Waals surface area contributed by atoms with Gasteiger partial charge in [0.05, 0.1) is 23.3 Å². The summed E-state index contributed by atoms with van der Waals surface area (Å²) < 4.78 is 77.0. The van der Waals surface area contributed by atoms with Crippen molar-refractivity contribution in [3.05, 3.63) is 34.9 Å². The van der Waals surface area contributed by atoms with Gasteiger partial charge >= 0.3 is 12.4 Å². The van der Waals surface area contributed by atoms with Gasteiger partial charge in [-0.15, -0.1) is 12.4 Å². The highest BCUT2D eigenvalue weighted by molar-refractivity contribution is 5.85. The molecule has 0 saturated heterocycles. The predicted octanol–water partition coefficient (Wildman–Crippen LogP) is 4.55. The van der Waals surface area contributed by atoms with Crippen LogP contribution in [0.3, 0.4) is 0 Å². The highest BCUT2D eigenvalue weighted by Gasteiger charge is 2.39. The summed E-state index contributed by atoms with van der Waals surface area (Å²) in [4.78, 5) is 0. The molecule has 1 aromatic rings. The van der Waals surface area contributed by atoms with E-state index in [1.807, 2.05) is 0 Å². The van der Waals surface area contributed by atoms with Crippen molar-refractivity contribution in [1.29, 1.82) is 0 Å². The van der Waals surface area contributed by atoms with Crippen LogP contribution in [-0.2, 0) is 12.4 Å². The van der Waals surface area contributed by atoms with Crippen molar-refractivity contribution in [2.75, 3.05) is 0 Å². The Bertz CT molecular complexity index is 517. The summed E-state index contributed by atoms with van der Waals surface area (Å²) >= 11 is 0. The molecule has 0 heterocycles. The average molecular weight is 366 g/mol. The van der Waals surface area contributed by atoms with Crippen LogP contribution in [0.5, 0.6) is 0 Å². The molecule has 0 aliphatic heterocycles. The predicted molar refractivity (Wildman–Crippen MR) is 76.1 cm³/mol. The molecule has 9 heteroatoms. The average Bonchev–Trinajstić information content (AvgIpc) is 2.42. The van der Waals surface area contributed by atoms with E-state index in [4.69, 9.17) is 5.73 Å². The Hall–Kier alpha value is -0.990. The largest absolute Gasteiger partial charge is 0.416 e. The number of benzene rings is 1. The van der Waals surface area contributed by atoms with E-state index in [2.05, 4.69) is 0 Å². The molecule has 134 valence electrons. The van der Waals surface area contributed by atoms with E-state index >= 15 is 0 Å². The highest BCUT2D eigenvalue weighted by atomic mass is 35.5. The fourth-order valence-corrected chi connectivity index (χ4v) is 2.05. The molecule has 0 fully saturated rings. The first kappa shape index (κ1) is 22.0. The van der Waals surface area contributed by atoms with Crippen LogP contribution in [0.2, 0.25) is 0 Å². The fraction of sp³-hybridized carbons (Fsp3) is 0.571. The molecule has 0 bridgehead atoms. The zero-order chi connectivity index (χ0) is 17.3. The molecular weight excluding hydrogens is 348 g/mol. The molecule has 0 aliphatic rings. The first-order valence-electron chi connectivity index (χ1n) is 6.61. The van der Waals surface area contributed by atoms with Gasteiger partial charge in [0.2, 0.25) is 0 Å². The van der Waals surface area contributed by atoms with Gasteiger partial charge in [-0.25, -0.2) is 0 Å². The maximum absolute atomic E-state index is 13.0. The lowest BCUT2D eigenvalue weighted by Gasteiger charge is -2.27. The van der Waals surface area contributed by atoms with E-state index in [1.165, 1.54) is 0 Å². The summed E-state index contributed by atoms with van der Waals surface area (Å²) in [6.45, 7) is 3.25. The number of aliphatic hydroxyl groups excluding tert-OH is 1. The molecule has 0 spiro atoms. The molecule has 0 aliphatic carbocycles. The molecule has 0 radical (unpaired) electrons. The normalized spacial score (nSPS) is 16.4. The fourth-order valence-electron chi connectivity index (χ4n) is 2.05. The van der Waals surface area contributed by atoms with E-state index in [-0.39, 0.29) is 12.4 Å². The third-order valence-electron chi connectivity index (χ3n) is 3.64. The summed E-state index contributed by atoms with van der Waals surface area (Å²) in [5, 5.41) is 9.95. The Morgan fingerprint density at radius 1 is 1.09 bits per heavy atom. The standard InChI is InChI=1S/C14H17F6NO.ClH/c1-3-7(2)12(22)11(21)9-6-8(13(15,16)17)4-5-10(9)14(18,19)20;/h4-7,11-12,22H,3,21H2,1-2H3;1H/t7?,11-,12+;/m1./s1. The number of nitrogens with two attached hydrogens (primary N) is 1. The molecule has 23 heavy (non-hydrogen) atoms. The van der Waals surface area contributed by atoms with Crippen LogP contribution in [0, 0.1) is 5.92 Å². The second-order valence-corrected chi connectivity index (χ2v) is 5.20. The molecule has 1 rings (SSSR count). The van der Waals surface area contributed by atoms with Crippen molar-refractivity contribution >= 4 is 12.4 Å². The van der Waals surface area contributed by atoms with Crippen LogP contribution in [-0.4, -0.2) is 11.2 Å². The quantitative estimate of drug-likeness (QED) is 0.769. The van der Waals surface area contributed by atoms with Crippen LogP contribution in [0.25, 0.3) is 0 Å². The van der Waals surface area contributed by atoms with Crippen molar-refractivity contribution in [3.8, 4) is 0 Å². The van der Waals surface area contributed by atoms with E-state index in [1.54, 1.807) is 13.8 Å². The highest BCUT2D eigenvalue weighted by Crippen LogP contribution is 2.39. The molecule has 2 nitrogen and oxygen atoms in total. The lowest BCUT2D eigenvalue weighted by Crippen LogP contribution is -2.33. The minimum Gasteiger partial charge on any atom is -0.391 e. The molecule has 3 N–H and O–H groups in total. The first-order valence-corrected chi connectivity index (χ1v) is 6.61. The number of aliphatic hydroxyl groups is 1. The van der Waals surface area contributed by atoms with Crippen molar-refractivity contribution in [2.24, 2.45) is 11.7 Å². The van der Waals surface area contributed by atoms with Gasteiger partial charge in [-0.05, 0) is 29.7 Å². The number of rotatable bonds is 4. The maximum atomic E-state index is 13.0. The van der Waals surface area contributed by atoms with Gasteiger partial charge < -0.3 is 10.8 Å². The zero-order valence-corrected chi connectivity index (χ0v) is 13.2. The molecule has 1 unspecified atom stereocenters. The maximum Gasteiger partial charge on any atom is 0.416 e. The van der Waals surface area contributed by atoms with Crippen molar-refractivity contribution in [2.45, 2.75) is 44.8 Å². The number of halogens is 7. The zero-order valence-electron chi connectivity index (χ0n) is 12.4. The van der Waals surface area contributed by atoms with Gasteiger partial charge in [-0.2, -0.15) is 26.3 Å². The van der Waals surface area contributed by atoms with Gasteiger partial charge in [-0.3, -0.25) is 0 Å². The third-order valence-corrected chi connectivity index (χ3v) is 3.64. The Kier molecular flexibility index (Phi) is 7.39. The summed E-state index contributed by atoms with van der Waals surface area (Å²) in [7, 11) is 0. The second-order valence-electron chi connectivity index (χ2n) is 5.20. The van der Waals surface area contributed by atoms with E-state index in [9.17, 15) is 31.4 Å². The monoisotopic (exact) mass is 365 g/mol. The van der Waals surface area contributed by atoms with Crippen molar-refractivity contribution in [1.82, 2.24) is 0 Å². The lowest BCUT2D eigenvalue weighted by molar-refractivity contribution is -0.142. The van der Waals surface area contributed by atoms with Gasteiger partial charge in [0, 0.05) is 0 Å². The van der Waals surface area contributed by atoms with E-state index in [0.29, 0.717) is 24.6 Å². The van der Waals surface area contributed by atoms with Gasteiger partial charge in [0.1, 0.15) is 0 Å². The molecule has 0 aromatic heterocycles. The summed E-state index contributed by atoms with van der Waals surface area (Å²) in [5.74, 6) is -0.453. The Balaban J connectivity index is 0.00000484. The molecule has 0 saturated carbocycles. The molecule has 3 atom stereocenters. The summed E-state index contributed by atoms with van der Waals surface area (Å²) in [6.07, 6.45) is -10.6. The Morgan fingerprint density at radius 2 is 1.61 bits per heavy atom. The number of alkyl halides is 6. The second kappa shape index (κ2) is 7.72. The minimum atomic E-state index is -4.85. The molecule has 1 aromatic carbocycles. The topological polar surface area (TPSA) is 46.2 Å². The van der Waals surface area contributed by atoms with Gasteiger partial charge in [0.25, 0.3) is 0 Å². The van der Waals surface area contributed by atoms with Gasteiger partial charge in [-0.1, -0.05) is 20.3 Å². The first-order chi connectivity index (χ1) is 9.89. The number of hydrogen-bond donors (Lipinski definition) is 2. The van der Waals surface area contributed by atoms with Crippen LogP contribution in [0.4, 0.5) is 26.3 Å². The number of hydrogen-bond acceptors (Lipinski definition) is 2. The van der Waals surface area contributed by atoms with Crippen molar-refractivity contribution < 1.29 is 31.4 Å². The molecular formula is C14H18ClF6NO. The van der Waals surface area contributed by atoms with Crippen LogP contribution in [0.1, 0.15) is 43.0 Å².